The molecule has 0 heterocycles. The lowest BCUT2D eigenvalue weighted by Gasteiger charge is -2.32. The molecule has 3 heteroatoms. The highest BCUT2D eigenvalue weighted by Gasteiger charge is 2.28. The Morgan fingerprint density at radius 1 is 1.33 bits per heavy atom. The number of nitrogens with two attached hydrogens (primary N) is 1. The smallest absolute Gasteiger partial charge is 0.128 e. The number of hydrogen-bond donors (Lipinski definition) is 1. The number of halogens is 1. The van der Waals surface area contributed by atoms with Crippen LogP contribution in [0.5, 0.6) is 0 Å². The maximum atomic E-state index is 13.6. The van der Waals surface area contributed by atoms with Crippen molar-refractivity contribution in [3.63, 3.8) is 0 Å². The molecule has 84 valence electrons. The fraction of sp³-hybridized carbons (Fsp3) is 0.500. The molecule has 1 rings (SSSR count). The molecule has 0 saturated carbocycles. The molecule has 0 aliphatic carbocycles. The number of benzene rings is 1. The van der Waals surface area contributed by atoms with Gasteiger partial charge in [0, 0.05) is 12.1 Å². The Hall–Kier alpha value is -0.930. The molecule has 0 amide bonds. The van der Waals surface area contributed by atoms with Crippen LogP contribution >= 0.6 is 0 Å². The second-order valence-corrected chi connectivity index (χ2v) is 4.23. The van der Waals surface area contributed by atoms with E-state index >= 15 is 0 Å². The SMILES string of the molecule is CCC(N)(CN(C)C)c1ccccc1F. The summed E-state index contributed by atoms with van der Waals surface area (Å²) >= 11 is 0. The van der Waals surface area contributed by atoms with Crippen molar-refractivity contribution in [2.24, 2.45) is 5.73 Å². The minimum atomic E-state index is -0.602. The van der Waals surface area contributed by atoms with Gasteiger partial charge >= 0.3 is 0 Å². The van der Waals surface area contributed by atoms with E-state index < -0.39 is 5.54 Å². The van der Waals surface area contributed by atoms with Crippen molar-refractivity contribution >= 4 is 0 Å². The van der Waals surface area contributed by atoms with Crippen molar-refractivity contribution in [2.75, 3.05) is 20.6 Å². The summed E-state index contributed by atoms with van der Waals surface area (Å²) < 4.78 is 13.6. The Morgan fingerprint density at radius 2 is 1.93 bits per heavy atom. The zero-order chi connectivity index (χ0) is 11.5. The number of rotatable bonds is 4. The fourth-order valence-corrected chi connectivity index (χ4v) is 1.82. The molecule has 1 aromatic carbocycles. The largest absolute Gasteiger partial charge is 0.320 e. The third kappa shape index (κ3) is 2.76. The van der Waals surface area contributed by atoms with E-state index in [1.807, 2.05) is 32.0 Å². The molecule has 1 aromatic rings. The predicted molar refractivity (Wildman–Crippen MR) is 61.1 cm³/mol. The van der Waals surface area contributed by atoms with Crippen molar-refractivity contribution in [1.29, 1.82) is 0 Å². The summed E-state index contributed by atoms with van der Waals surface area (Å²) in [6.07, 6.45) is 0.714. The third-order valence-corrected chi connectivity index (χ3v) is 2.64. The van der Waals surface area contributed by atoms with Crippen LogP contribution in [0.3, 0.4) is 0 Å². The summed E-state index contributed by atoms with van der Waals surface area (Å²) in [6.45, 7) is 2.63. The highest BCUT2D eigenvalue weighted by Crippen LogP contribution is 2.25. The lowest BCUT2D eigenvalue weighted by Crippen LogP contribution is -2.45. The molecule has 15 heavy (non-hydrogen) atoms. The zero-order valence-corrected chi connectivity index (χ0v) is 9.63. The number of hydrogen-bond acceptors (Lipinski definition) is 2. The molecule has 2 N–H and O–H groups in total. The van der Waals surface area contributed by atoms with E-state index in [2.05, 4.69) is 0 Å². The predicted octanol–water partition coefficient (Wildman–Crippen LogP) is 1.95. The van der Waals surface area contributed by atoms with Crippen LogP contribution < -0.4 is 5.73 Å². The van der Waals surface area contributed by atoms with Gasteiger partial charge in [0.05, 0.1) is 5.54 Å². The van der Waals surface area contributed by atoms with Gasteiger partial charge < -0.3 is 10.6 Å². The van der Waals surface area contributed by atoms with Gasteiger partial charge in [0.1, 0.15) is 5.82 Å². The minimum absolute atomic E-state index is 0.219. The van der Waals surface area contributed by atoms with Gasteiger partial charge in [0.15, 0.2) is 0 Å². The van der Waals surface area contributed by atoms with E-state index in [0.717, 1.165) is 0 Å². The van der Waals surface area contributed by atoms with E-state index in [1.165, 1.54) is 6.07 Å². The van der Waals surface area contributed by atoms with Crippen molar-refractivity contribution in [3.05, 3.63) is 35.6 Å². The van der Waals surface area contributed by atoms with Gasteiger partial charge in [-0.2, -0.15) is 0 Å². The highest BCUT2D eigenvalue weighted by atomic mass is 19.1. The first-order valence-electron chi connectivity index (χ1n) is 5.18. The Kier molecular flexibility index (Phi) is 3.83. The van der Waals surface area contributed by atoms with Crippen molar-refractivity contribution in [2.45, 2.75) is 18.9 Å². The van der Waals surface area contributed by atoms with Gasteiger partial charge in [-0.25, -0.2) is 4.39 Å². The summed E-state index contributed by atoms with van der Waals surface area (Å²) in [7, 11) is 3.89. The quantitative estimate of drug-likeness (QED) is 0.823. The van der Waals surface area contributed by atoms with Gasteiger partial charge in [-0.1, -0.05) is 25.1 Å². The van der Waals surface area contributed by atoms with Crippen molar-refractivity contribution < 1.29 is 4.39 Å². The van der Waals surface area contributed by atoms with E-state index in [1.54, 1.807) is 12.1 Å². The van der Waals surface area contributed by atoms with Crippen LogP contribution in [0.25, 0.3) is 0 Å². The second kappa shape index (κ2) is 4.73. The lowest BCUT2D eigenvalue weighted by atomic mass is 9.87. The standard InChI is InChI=1S/C12H19FN2/c1-4-12(14,9-15(2)3)10-7-5-6-8-11(10)13/h5-8H,4,9,14H2,1-3H3. The van der Waals surface area contributed by atoms with E-state index in [4.69, 9.17) is 5.73 Å². The van der Waals surface area contributed by atoms with Gasteiger partial charge in [0.2, 0.25) is 0 Å². The summed E-state index contributed by atoms with van der Waals surface area (Å²) in [4.78, 5) is 1.98. The first kappa shape index (κ1) is 12.1. The average Bonchev–Trinajstić information content (AvgIpc) is 2.17. The Morgan fingerprint density at radius 3 is 2.40 bits per heavy atom. The van der Waals surface area contributed by atoms with Crippen LogP contribution in [-0.2, 0) is 5.54 Å². The van der Waals surface area contributed by atoms with Crippen LogP contribution in [0.1, 0.15) is 18.9 Å². The molecule has 0 spiro atoms. The van der Waals surface area contributed by atoms with Gasteiger partial charge in [-0.05, 0) is 26.6 Å². The van der Waals surface area contributed by atoms with Crippen LogP contribution in [-0.4, -0.2) is 25.5 Å². The summed E-state index contributed by atoms with van der Waals surface area (Å²) in [5.41, 5.74) is 6.23. The Balaban J connectivity index is 3.05. The van der Waals surface area contributed by atoms with Crippen LogP contribution in [0, 0.1) is 5.82 Å². The van der Waals surface area contributed by atoms with Crippen molar-refractivity contribution in [3.8, 4) is 0 Å². The normalized spacial score (nSPS) is 15.3. The Labute approximate surface area is 90.9 Å². The molecule has 1 atom stereocenters. The average molecular weight is 210 g/mol. The van der Waals surface area contributed by atoms with Gasteiger partial charge in [-0.3, -0.25) is 0 Å². The van der Waals surface area contributed by atoms with Gasteiger partial charge in [0.25, 0.3) is 0 Å². The summed E-state index contributed by atoms with van der Waals surface area (Å²) in [5.74, 6) is -0.219. The molecule has 0 saturated heterocycles. The lowest BCUT2D eigenvalue weighted by molar-refractivity contribution is 0.272. The molecule has 0 aliphatic rings. The first-order valence-corrected chi connectivity index (χ1v) is 5.18. The molecule has 1 unspecified atom stereocenters. The second-order valence-electron chi connectivity index (χ2n) is 4.23. The Bertz CT molecular complexity index is 325. The zero-order valence-electron chi connectivity index (χ0n) is 9.63. The minimum Gasteiger partial charge on any atom is -0.320 e. The maximum absolute atomic E-state index is 13.6. The summed E-state index contributed by atoms with van der Waals surface area (Å²) in [6, 6.07) is 6.74. The van der Waals surface area contributed by atoms with Gasteiger partial charge in [-0.15, -0.1) is 0 Å². The highest BCUT2D eigenvalue weighted by molar-refractivity contribution is 5.26. The molecular weight excluding hydrogens is 191 g/mol. The molecule has 0 aliphatic heterocycles. The number of likely N-dealkylation sites (N-methyl/N-ethyl adjacent to an activating group) is 1. The van der Waals surface area contributed by atoms with Crippen LogP contribution in [0.4, 0.5) is 4.39 Å². The molecule has 0 radical (unpaired) electrons. The van der Waals surface area contributed by atoms with E-state index in [9.17, 15) is 4.39 Å². The fourth-order valence-electron chi connectivity index (χ4n) is 1.82. The van der Waals surface area contributed by atoms with Crippen LogP contribution in [0.15, 0.2) is 24.3 Å². The molecule has 0 aromatic heterocycles. The molecule has 0 fully saturated rings. The van der Waals surface area contributed by atoms with Crippen molar-refractivity contribution in [1.82, 2.24) is 4.90 Å². The molecular formula is C12H19FN2. The van der Waals surface area contributed by atoms with E-state index in [0.29, 0.717) is 18.5 Å². The molecule has 0 bridgehead atoms. The summed E-state index contributed by atoms with van der Waals surface area (Å²) in [5, 5.41) is 0. The number of nitrogens with zero attached hydrogens (tertiary/aromatic N) is 1. The topological polar surface area (TPSA) is 29.3 Å². The maximum Gasteiger partial charge on any atom is 0.128 e. The first-order chi connectivity index (χ1) is 6.99. The molecule has 2 nitrogen and oxygen atoms in total. The van der Waals surface area contributed by atoms with Crippen LogP contribution in [0.2, 0.25) is 0 Å². The third-order valence-electron chi connectivity index (χ3n) is 2.64. The van der Waals surface area contributed by atoms with E-state index in [-0.39, 0.29) is 5.82 Å². The monoisotopic (exact) mass is 210 g/mol.